The molecule has 0 aliphatic rings. The Morgan fingerprint density at radius 2 is 1.75 bits per heavy atom. The predicted octanol–water partition coefficient (Wildman–Crippen LogP) is 3.05. The Kier molecular flexibility index (Phi) is 4.41. The van der Waals surface area contributed by atoms with E-state index in [1.165, 1.54) is 12.5 Å². The third-order valence-electron chi connectivity index (χ3n) is 2.87. The Labute approximate surface area is 96.7 Å². The van der Waals surface area contributed by atoms with Crippen molar-refractivity contribution in [2.75, 3.05) is 0 Å². The summed E-state index contributed by atoms with van der Waals surface area (Å²) in [6, 6.07) is 7.61. The van der Waals surface area contributed by atoms with E-state index in [0.29, 0.717) is 12.0 Å². The van der Waals surface area contributed by atoms with Crippen molar-refractivity contribution in [1.82, 2.24) is 0 Å². The van der Waals surface area contributed by atoms with Crippen LogP contribution < -0.4 is 0 Å². The first-order chi connectivity index (χ1) is 7.54. The first kappa shape index (κ1) is 12.6. The molecule has 1 aromatic carbocycles. The van der Waals surface area contributed by atoms with E-state index in [4.69, 9.17) is 0 Å². The topological polar surface area (TPSA) is 34.1 Å². The van der Waals surface area contributed by atoms with Crippen molar-refractivity contribution in [3.8, 4) is 0 Å². The van der Waals surface area contributed by atoms with Gasteiger partial charge in [0.05, 0.1) is 0 Å². The monoisotopic (exact) mass is 218 g/mol. The highest BCUT2D eigenvalue weighted by atomic mass is 16.1. The fourth-order valence-electron chi connectivity index (χ4n) is 1.47. The first-order valence-electron chi connectivity index (χ1n) is 5.67. The van der Waals surface area contributed by atoms with E-state index in [0.717, 1.165) is 6.42 Å². The van der Waals surface area contributed by atoms with Crippen LogP contribution in [0.25, 0.3) is 0 Å². The van der Waals surface area contributed by atoms with Crippen LogP contribution in [0.4, 0.5) is 0 Å². The minimum absolute atomic E-state index is 0.0466. The minimum atomic E-state index is -0.182. The van der Waals surface area contributed by atoms with Gasteiger partial charge in [-0.2, -0.15) is 0 Å². The Balaban J connectivity index is 2.69. The highest BCUT2D eigenvalue weighted by Crippen LogP contribution is 2.12. The summed E-state index contributed by atoms with van der Waals surface area (Å²) in [5, 5.41) is 0. The SMILES string of the molecule is CCc1ccc(C(=O)CC(C)C(C)=O)cc1. The minimum Gasteiger partial charge on any atom is -0.300 e. The smallest absolute Gasteiger partial charge is 0.163 e. The Morgan fingerprint density at radius 3 is 2.19 bits per heavy atom. The standard InChI is InChI=1S/C14H18O2/c1-4-12-5-7-13(8-6-12)14(16)9-10(2)11(3)15/h5-8,10H,4,9H2,1-3H3. The van der Waals surface area contributed by atoms with Gasteiger partial charge in [-0.05, 0) is 18.9 Å². The zero-order chi connectivity index (χ0) is 12.1. The molecule has 0 radical (unpaired) electrons. The number of aryl methyl sites for hydroxylation is 1. The van der Waals surface area contributed by atoms with E-state index in [1.54, 1.807) is 6.92 Å². The lowest BCUT2D eigenvalue weighted by atomic mass is 9.96. The number of benzene rings is 1. The van der Waals surface area contributed by atoms with Crippen molar-refractivity contribution < 1.29 is 9.59 Å². The van der Waals surface area contributed by atoms with E-state index in [-0.39, 0.29) is 17.5 Å². The number of ketones is 2. The summed E-state index contributed by atoms with van der Waals surface area (Å²) in [5.74, 6) is -0.0674. The maximum Gasteiger partial charge on any atom is 0.163 e. The maximum absolute atomic E-state index is 11.8. The molecule has 0 saturated heterocycles. The van der Waals surface area contributed by atoms with Crippen LogP contribution in [0.3, 0.4) is 0 Å². The molecule has 0 aliphatic carbocycles. The second-order valence-electron chi connectivity index (χ2n) is 4.19. The second-order valence-corrected chi connectivity index (χ2v) is 4.19. The number of rotatable bonds is 5. The van der Waals surface area contributed by atoms with Gasteiger partial charge in [0.15, 0.2) is 5.78 Å². The highest BCUT2D eigenvalue weighted by molar-refractivity contribution is 5.98. The van der Waals surface area contributed by atoms with Gasteiger partial charge in [0, 0.05) is 17.9 Å². The van der Waals surface area contributed by atoms with Crippen LogP contribution in [0.5, 0.6) is 0 Å². The molecule has 86 valence electrons. The summed E-state index contributed by atoms with van der Waals surface area (Å²) in [7, 11) is 0. The number of hydrogen-bond acceptors (Lipinski definition) is 2. The molecule has 0 aliphatic heterocycles. The van der Waals surface area contributed by atoms with Gasteiger partial charge >= 0.3 is 0 Å². The van der Waals surface area contributed by atoms with Gasteiger partial charge in [0.2, 0.25) is 0 Å². The molecule has 2 heteroatoms. The number of Topliss-reactive ketones (excluding diaryl/α,β-unsaturated/α-hetero) is 2. The molecule has 0 spiro atoms. The van der Waals surface area contributed by atoms with Crippen LogP contribution in [0.15, 0.2) is 24.3 Å². The molecule has 1 atom stereocenters. The normalized spacial score (nSPS) is 12.2. The lowest BCUT2D eigenvalue weighted by Gasteiger charge is -2.06. The first-order valence-corrected chi connectivity index (χ1v) is 5.67. The van der Waals surface area contributed by atoms with Crippen molar-refractivity contribution in [2.24, 2.45) is 5.92 Å². The van der Waals surface area contributed by atoms with E-state index in [2.05, 4.69) is 6.92 Å². The van der Waals surface area contributed by atoms with E-state index >= 15 is 0 Å². The molecule has 2 nitrogen and oxygen atoms in total. The van der Waals surface area contributed by atoms with Gasteiger partial charge in [-0.1, -0.05) is 38.1 Å². The van der Waals surface area contributed by atoms with E-state index in [9.17, 15) is 9.59 Å². The van der Waals surface area contributed by atoms with Crippen molar-refractivity contribution in [1.29, 1.82) is 0 Å². The summed E-state index contributed by atoms with van der Waals surface area (Å²) in [5.41, 5.74) is 1.92. The molecule has 0 heterocycles. The number of carbonyl (C=O) groups is 2. The molecule has 0 aromatic heterocycles. The summed E-state index contributed by atoms with van der Waals surface area (Å²) in [6.45, 7) is 5.40. The molecule has 0 saturated carbocycles. The van der Waals surface area contributed by atoms with Gasteiger partial charge in [-0.3, -0.25) is 9.59 Å². The Hall–Kier alpha value is -1.44. The van der Waals surface area contributed by atoms with Gasteiger partial charge in [-0.15, -0.1) is 0 Å². The third-order valence-corrected chi connectivity index (χ3v) is 2.87. The zero-order valence-electron chi connectivity index (χ0n) is 10.1. The Morgan fingerprint density at radius 1 is 1.19 bits per heavy atom. The van der Waals surface area contributed by atoms with Crippen LogP contribution in [0, 0.1) is 5.92 Å². The fourth-order valence-corrected chi connectivity index (χ4v) is 1.47. The maximum atomic E-state index is 11.8. The van der Waals surface area contributed by atoms with Gasteiger partial charge < -0.3 is 0 Å². The summed E-state index contributed by atoms with van der Waals surface area (Å²) in [4.78, 5) is 22.9. The fraction of sp³-hybridized carbons (Fsp3) is 0.429. The number of hydrogen-bond donors (Lipinski definition) is 0. The molecule has 0 fully saturated rings. The third kappa shape index (κ3) is 3.30. The molecule has 1 aromatic rings. The molecule has 1 unspecified atom stereocenters. The molecule has 1 rings (SSSR count). The van der Waals surface area contributed by atoms with Crippen LogP contribution in [-0.2, 0) is 11.2 Å². The largest absolute Gasteiger partial charge is 0.300 e. The molecular formula is C14H18O2. The molecule has 0 N–H and O–H groups in total. The molecule has 16 heavy (non-hydrogen) atoms. The van der Waals surface area contributed by atoms with Crippen molar-refractivity contribution >= 4 is 11.6 Å². The van der Waals surface area contributed by atoms with Gasteiger partial charge in [-0.25, -0.2) is 0 Å². The van der Waals surface area contributed by atoms with Crippen LogP contribution in [-0.4, -0.2) is 11.6 Å². The predicted molar refractivity (Wildman–Crippen MR) is 64.6 cm³/mol. The van der Waals surface area contributed by atoms with Crippen LogP contribution >= 0.6 is 0 Å². The van der Waals surface area contributed by atoms with Crippen LogP contribution in [0.1, 0.15) is 43.1 Å². The van der Waals surface area contributed by atoms with Crippen molar-refractivity contribution in [3.05, 3.63) is 35.4 Å². The molecular weight excluding hydrogens is 200 g/mol. The zero-order valence-corrected chi connectivity index (χ0v) is 10.1. The van der Waals surface area contributed by atoms with Crippen LogP contribution in [0.2, 0.25) is 0 Å². The van der Waals surface area contributed by atoms with Crippen molar-refractivity contribution in [3.63, 3.8) is 0 Å². The van der Waals surface area contributed by atoms with E-state index in [1.807, 2.05) is 24.3 Å². The average Bonchev–Trinajstić information content (AvgIpc) is 2.28. The summed E-state index contributed by atoms with van der Waals surface area (Å²) >= 11 is 0. The second kappa shape index (κ2) is 5.59. The molecule has 0 amide bonds. The van der Waals surface area contributed by atoms with Gasteiger partial charge in [0.25, 0.3) is 0 Å². The quantitative estimate of drug-likeness (QED) is 0.712. The van der Waals surface area contributed by atoms with E-state index < -0.39 is 0 Å². The average molecular weight is 218 g/mol. The number of carbonyl (C=O) groups excluding carboxylic acids is 2. The van der Waals surface area contributed by atoms with Crippen molar-refractivity contribution in [2.45, 2.75) is 33.6 Å². The van der Waals surface area contributed by atoms with Gasteiger partial charge in [0.1, 0.15) is 5.78 Å². The highest BCUT2D eigenvalue weighted by Gasteiger charge is 2.14. The summed E-state index contributed by atoms with van der Waals surface area (Å²) in [6.07, 6.45) is 1.28. The molecule has 0 bridgehead atoms. The Bertz CT molecular complexity index is 376. The lowest BCUT2D eigenvalue weighted by molar-refractivity contribution is -0.120. The summed E-state index contributed by atoms with van der Waals surface area (Å²) < 4.78 is 0. The lowest BCUT2D eigenvalue weighted by Crippen LogP contribution is -2.12.